The van der Waals surface area contributed by atoms with Crippen LogP contribution >= 0.6 is 34.4 Å². The van der Waals surface area contributed by atoms with Crippen LogP contribution in [0.25, 0.3) is 26.3 Å². The predicted molar refractivity (Wildman–Crippen MR) is 191 cm³/mol. The number of benzene rings is 2. The first-order valence-electron chi connectivity index (χ1n) is 15.6. The van der Waals surface area contributed by atoms with Crippen molar-refractivity contribution in [2.24, 2.45) is 5.92 Å². The minimum absolute atomic E-state index is 0.0298. The molecular formula is C37H38N2O4S3. The van der Waals surface area contributed by atoms with E-state index in [-0.39, 0.29) is 5.57 Å². The second-order valence-electron chi connectivity index (χ2n) is 12.6. The molecule has 0 radical (unpaired) electrons. The van der Waals surface area contributed by atoms with Gasteiger partial charge in [-0.15, -0.1) is 34.4 Å². The lowest BCUT2D eigenvalue weighted by atomic mass is 9.93. The number of rotatable bonds is 8. The van der Waals surface area contributed by atoms with E-state index in [0.717, 1.165) is 47.9 Å². The van der Waals surface area contributed by atoms with E-state index in [4.69, 9.17) is 14.2 Å². The molecule has 1 saturated heterocycles. The Balaban J connectivity index is 1.38. The van der Waals surface area contributed by atoms with Gasteiger partial charge in [0.25, 0.3) is 0 Å². The number of para-hydroxylation sites is 1. The van der Waals surface area contributed by atoms with Crippen molar-refractivity contribution in [2.45, 2.75) is 63.6 Å². The smallest absolute Gasteiger partial charge is 0.349 e. The van der Waals surface area contributed by atoms with Gasteiger partial charge >= 0.3 is 5.97 Å². The molecule has 4 aromatic rings. The van der Waals surface area contributed by atoms with Crippen molar-refractivity contribution >= 4 is 57.9 Å². The van der Waals surface area contributed by atoms with Crippen LogP contribution in [0.15, 0.2) is 66.2 Å². The molecule has 1 fully saturated rings. The van der Waals surface area contributed by atoms with E-state index >= 15 is 0 Å². The molecule has 0 saturated carbocycles. The molecule has 2 aliphatic heterocycles. The largest absolute Gasteiger partial charge is 0.485 e. The van der Waals surface area contributed by atoms with Gasteiger partial charge in [0.15, 0.2) is 11.5 Å². The first-order valence-corrected chi connectivity index (χ1v) is 18.2. The van der Waals surface area contributed by atoms with Crippen molar-refractivity contribution in [1.29, 1.82) is 5.26 Å². The summed E-state index contributed by atoms with van der Waals surface area (Å²) in [5, 5.41) is 14.4. The van der Waals surface area contributed by atoms with Gasteiger partial charge in [0.05, 0.1) is 9.75 Å². The van der Waals surface area contributed by atoms with Crippen LogP contribution < -0.4 is 14.8 Å². The van der Waals surface area contributed by atoms with Gasteiger partial charge in [-0.3, -0.25) is 0 Å². The number of nitriles is 1. The van der Waals surface area contributed by atoms with E-state index in [0.29, 0.717) is 29.6 Å². The average molecular weight is 671 g/mol. The molecule has 2 aromatic heterocycles. The molecule has 1 N–H and O–H groups in total. The number of esters is 1. The Kier molecular flexibility index (Phi) is 9.51. The molecule has 238 valence electrons. The van der Waals surface area contributed by atoms with E-state index in [1.165, 1.54) is 29.7 Å². The van der Waals surface area contributed by atoms with Gasteiger partial charge in [0.2, 0.25) is 0 Å². The normalized spacial score (nSPS) is 19.5. The van der Waals surface area contributed by atoms with Crippen molar-refractivity contribution in [1.82, 2.24) is 0 Å². The molecule has 2 aromatic carbocycles. The van der Waals surface area contributed by atoms with Crippen LogP contribution in [-0.2, 0) is 9.53 Å². The molecule has 3 unspecified atom stereocenters. The summed E-state index contributed by atoms with van der Waals surface area (Å²) in [7, 11) is 0. The summed E-state index contributed by atoms with van der Waals surface area (Å²) in [4.78, 5) is 16.4. The zero-order chi connectivity index (χ0) is 32.4. The maximum Gasteiger partial charge on any atom is 0.349 e. The lowest BCUT2D eigenvalue weighted by Crippen LogP contribution is -2.24. The van der Waals surface area contributed by atoms with Gasteiger partial charge in [0, 0.05) is 31.6 Å². The fourth-order valence-electron chi connectivity index (χ4n) is 5.78. The molecule has 0 bridgehead atoms. The maximum absolute atomic E-state index is 12.6. The van der Waals surface area contributed by atoms with Gasteiger partial charge in [-0.25, -0.2) is 4.79 Å². The van der Waals surface area contributed by atoms with Crippen molar-refractivity contribution in [3.05, 3.63) is 76.7 Å². The number of fused-ring (bicyclic) bond motifs is 1. The second kappa shape index (κ2) is 13.6. The fourth-order valence-corrected chi connectivity index (χ4v) is 9.76. The van der Waals surface area contributed by atoms with Crippen LogP contribution in [0.2, 0.25) is 0 Å². The minimum Gasteiger partial charge on any atom is -0.485 e. The fraction of sp³-hybridized carbons (Fsp3) is 0.351. The Morgan fingerprint density at radius 2 is 1.78 bits per heavy atom. The van der Waals surface area contributed by atoms with Crippen LogP contribution in [0.4, 0.5) is 11.4 Å². The van der Waals surface area contributed by atoms with E-state index < -0.39 is 11.6 Å². The summed E-state index contributed by atoms with van der Waals surface area (Å²) < 4.78 is 17.9. The standard InChI is InChI=1S/C37H38N2O4S3/c1-6-26-18-22(2)33(45-26)28-20-23(12-14-29(28)39-25-10-8-7-9-11-25)34-31-32(42-17-16-41-31)35(46-34)30-15-13-27(44-30)19-24(21-38)36(40)43-37(3,4)5/h7-15,19-20,22,26,33,39H,6,16-18H2,1-5H3/b24-19+. The molecule has 46 heavy (non-hydrogen) atoms. The zero-order valence-corrected chi connectivity index (χ0v) is 29.2. The predicted octanol–water partition coefficient (Wildman–Crippen LogP) is 10.5. The molecule has 2 aliphatic rings. The molecular weight excluding hydrogens is 633 g/mol. The molecule has 0 spiro atoms. The van der Waals surface area contributed by atoms with Crippen LogP contribution in [-0.4, -0.2) is 30.0 Å². The number of nitrogens with zero attached hydrogens (tertiary/aromatic N) is 1. The topological polar surface area (TPSA) is 80.6 Å². The van der Waals surface area contributed by atoms with Gasteiger partial charge in [0.1, 0.15) is 30.5 Å². The van der Waals surface area contributed by atoms with Crippen LogP contribution in [0, 0.1) is 17.2 Å². The second-order valence-corrected chi connectivity index (χ2v) is 16.2. The Labute approximate surface area is 283 Å². The SMILES string of the molecule is CCC1CC(C)C(c2cc(-c3sc(-c4ccc(/C=C(\C#N)C(=O)OC(C)(C)C)s4)c4c3OCCO4)ccc2Nc2ccccc2)S1. The number of hydrogen-bond donors (Lipinski definition) is 1. The maximum atomic E-state index is 12.6. The number of carbonyl (C=O) groups excluding carboxylic acids is 1. The summed E-state index contributed by atoms with van der Waals surface area (Å²) >= 11 is 5.25. The number of carbonyl (C=O) groups is 1. The highest BCUT2D eigenvalue weighted by Gasteiger charge is 2.34. The Hall–Kier alpha value is -3.71. The highest BCUT2D eigenvalue weighted by Crippen LogP contribution is 2.57. The third-order valence-corrected chi connectivity index (χ3v) is 12.2. The lowest BCUT2D eigenvalue weighted by molar-refractivity contribution is -0.149. The monoisotopic (exact) mass is 670 g/mol. The average Bonchev–Trinajstić information content (AvgIpc) is 3.76. The third-order valence-electron chi connectivity index (χ3n) is 7.89. The molecule has 9 heteroatoms. The van der Waals surface area contributed by atoms with Crippen LogP contribution in [0.1, 0.15) is 63.2 Å². The Bertz CT molecular complexity index is 1800. The van der Waals surface area contributed by atoms with Crippen molar-refractivity contribution in [3.63, 3.8) is 0 Å². The summed E-state index contributed by atoms with van der Waals surface area (Å²) in [6.45, 7) is 11.0. The number of nitrogens with one attached hydrogen (secondary N) is 1. The van der Waals surface area contributed by atoms with E-state index in [2.05, 4.69) is 73.4 Å². The number of anilines is 2. The van der Waals surface area contributed by atoms with Gasteiger partial charge in [-0.2, -0.15) is 5.26 Å². The number of hydrogen-bond acceptors (Lipinski definition) is 9. The number of ether oxygens (including phenoxy) is 3. The molecule has 0 amide bonds. The van der Waals surface area contributed by atoms with E-state index in [1.54, 1.807) is 38.2 Å². The van der Waals surface area contributed by atoms with E-state index in [1.807, 2.05) is 24.3 Å². The summed E-state index contributed by atoms with van der Waals surface area (Å²) in [6, 6.07) is 23.0. The number of thioether (sulfide) groups is 1. The van der Waals surface area contributed by atoms with Gasteiger partial charge in [-0.1, -0.05) is 38.1 Å². The highest BCUT2D eigenvalue weighted by molar-refractivity contribution is 8.00. The third kappa shape index (κ3) is 7.00. The van der Waals surface area contributed by atoms with E-state index in [9.17, 15) is 10.1 Å². The van der Waals surface area contributed by atoms with Crippen molar-refractivity contribution in [2.75, 3.05) is 18.5 Å². The Morgan fingerprint density at radius 1 is 1.04 bits per heavy atom. The van der Waals surface area contributed by atoms with Crippen LogP contribution in [0.5, 0.6) is 11.5 Å². The van der Waals surface area contributed by atoms with Gasteiger partial charge < -0.3 is 19.5 Å². The molecule has 6 rings (SSSR count). The molecule has 6 nitrogen and oxygen atoms in total. The van der Waals surface area contributed by atoms with Crippen molar-refractivity contribution < 1.29 is 19.0 Å². The zero-order valence-electron chi connectivity index (χ0n) is 26.7. The first kappa shape index (κ1) is 32.2. The summed E-state index contributed by atoms with van der Waals surface area (Å²) in [6.07, 6.45) is 3.98. The summed E-state index contributed by atoms with van der Waals surface area (Å²) in [5.41, 5.74) is 3.90. The quantitative estimate of drug-likeness (QED) is 0.113. The molecule has 0 aliphatic carbocycles. The number of thiophene rings is 2. The molecule has 3 atom stereocenters. The van der Waals surface area contributed by atoms with Gasteiger partial charge in [-0.05, 0) is 93.1 Å². The van der Waals surface area contributed by atoms with Crippen LogP contribution in [0.3, 0.4) is 0 Å². The lowest BCUT2D eigenvalue weighted by Gasteiger charge is -2.22. The highest BCUT2D eigenvalue weighted by atomic mass is 32.2. The van der Waals surface area contributed by atoms with Crippen molar-refractivity contribution in [3.8, 4) is 37.8 Å². The molecule has 4 heterocycles. The first-order chi connectivity index (χ1) is 22.1. The minimum atomic E-state index is -0.681. The Morgan fingerprint density at radius 3 is 2.46 bits per heavy atom. The summed E-state index contributed by atoms with van der Waals surface area (Å²) in [5.74, 6) is 1.46.